The lowest BCUT2D eigenvalue weighted by atomic mass is 9.79. The van der Waals surface area contributed by atoms with Crippen LogP contribution in [0.15, 0.2) is 65.2 Å². The molecule has 6 atom stereocenters. The van der Waals surface area contributed by atoms with E-state index in [1.165, 1.54) is 41.8 Å². The Morgan fingerprint density at radius 2 is 1.76 bits per heavy atom. The maximum absolute atomic E-state index is 13.6. The Hall–Kier alpha value is -4.36. The second kappa shape index (κ2) is 13.3. The Balaban J connectivity index is 1.39. The molecular weight excluding hydrogens is 602 g/mol. The Morgan fingerprint density at radius 3 is 2.42 bits per heavy atom. The molecule has 13 heteroatoms. The number of carbonyl (C=O) groups excluding carboxylic acids is 5. The number of anilines is 1. The number of carbonyl (C=O) groups is 5. The van der Waals surface area contributed by atoms with Gasteiger partial charge in [-0.25, -0.2) is 14.4 Å². The molecule has 0 bridgehead atoms. The number of methoxy groups -OCH3 is 2. The van der Waals surface area contributed by atoms with Crippen LogP contribution in [0.4, 0.5) is 10.5 Å². The van der Waals surface area contributed by atoms with Gasteiger partial charge in [0.2, 0.25) is 11.8 Å². The van der Waals surface area contributed by atoms with Gasteiger partial charge < -0.3 is 29.5 Å². The summed E-state index contributed by atoms with van der Waals surface area (Å²) >= 11 is 1.32. The van der Waals surface area contributed by atoms with Crippen molar-refractivity contribution in [3.63, 3.8) is 0 Å². The number of nitrogens with zero attached hydrogens (tertiary/aromatic N) is 2. The number of benzene rings is 2. The minimum absolute atomic E-state index is 0.0116. The number of hydrogen-bond acceptors (Lipinski definition) is 10. The van der Waals surface area contributed by atoms with Crippen LogP contribution in [0.1, 0.15) is 36.2 Å². The maximum atomic E-state index is 13.6. The zero-order chi connectivity index (χ0) is 32.4. The fourth-order valence-electron chi connectivity index (χ4n) is 6.15. The molecule has 3 amide bonds. The van der Waals surface area contributed by atoms with Crippen LogP contribution >= 0.6 is 11.8 Å². The molecular formula is C32H35N3O9S. The van der Waals surface area contributed by atoms with E-state index in [0.717, 1.165) is 5.56 Å². The quantitative estimate of drug-likeness (QED) is 0.238. The van der Waals surface area contributed by atoms with Gasteiger partial charge in [-0.3, -0.25) is 14.5 Å². The van der Waals surface area contributed by atoms with E-state index in [1.807, 2.05) is 37.3 Å². The first-order valence-corrected chi connectivity index (χ1v) is 15.4. The highest BCUT2D eigenvalue weighted by Gasteiger charge is 2.60. The molecule has 3 aliphatic rings. The van der Waals surface area contributed by atoms with E-state index in [9.17, 15) is 29.1 Å². The molecule has 2 fully saturated rings. The minimum atomic E-state index is -0.935. The van der Waals surface area contributed by atoms with Crippen molar-refractivity contribution in [1.29, 1.82) is 0 Å². The van der Waals surface area contributed by atoms with Crippen LogP contribution in [-0.4, -0.2) is 89.0 Å². The van der Waals surface area contributed by atoms with Gasteiger partial charge in [0.1, 0.15) is 18.3 Å². The average molecular weight is 638 g/mol. The fourth-order valence-corrected chi connectivity index (χ4v) is 7.67. The van der Waals surface area contributed by atoms with Crippen LogP contribution in [0.3, 0.4) is 0 Å². The number of fused-ring (bicyclic) bond motifs is 1. The molecule has 0 aromatic heterocycles. The standard InChI is InChI=1S/C32H35N3O9S/c1-17-25-24(18(2)36)29(38)35(25)26(31(40)43-4)27(17)45-22-14-23(28(37)33-21-12-8-11-20(13-21)30(39)42-3)34(15-22)32(41)44-16-19-9-6-5-7-10-19/h5-13,17-18,22-25,36H,14-16H2,1-4H3,(H,33,37)/t17-,18-,22-,23-,24-,25-/m1/s1. The number of nitrogens with one attached hydrogen (secondary N) is 1. The second-order valence-electron chi connectivity index (χ2n) is 11.2. The summed E-state index contributed by atoms with van der Waals surface area (Å²) in [4.78, 5) is 68.2. The van der Waals surface area contributed by atoms with Crippen molar-refractivity contribution in [1.82, 2.24) is 9.80 Å². The highest BCUT2D eigenvalue weighted by Crippen LogP contribution is 2.52. The third-order valence-corrected chi connectivity index (χ3v) is 9.83. The number of thioether (sulfide) groups is 1. The lowest BCUT2D eigenvalue weighted by Gasteiger charge is -2.46. The Bertz CT molecular complexity index is 1530. The number of rotatable bonds is 9. The van der Waals surface area contributed by atoms with Crippen molar-refractivity contribution in [2.45, 2.75) is 50.3 Å². The van der Waals surface area contributed by atoms with Crippen LogP contribution in [0.5, 0.6) is 0 Å². The molecule has 238 valence electrons. The summed E-state index contributed by atoms with van der Waals surface area (Å²) in [6, 6.07) is 14.1. The van der Waals surface area contributed by atoms with Gasteiger partial charge in [-0.2, -0.15) is 0 Å². The Morgan fingerprint density at radius 1 is 1.04 bits per heavy atom. The van der Waals surface area contributed by atoms with Crippen molar-refractivity contribution in [3.8, 4) is 0 Å². The molecule has 2 saturated heterocycles. The summed E-state index contributed by atoms with van der Waals surface area (Å²) in [6.07, 6.45) is -1.35. The molecule has 0 aliphatic carbocycles. The normalized spacial score (nSPS) is 24.5. The van der Waals surface area contributed by atoms with Gasteiger partial charge in [0, 0.05) is 28.3 Å². The molecule has 0 spiro atoms. The first-order chi connectivity index (χ1) is 21.5. The van der Waals surface area contributed by atoms with Crippen molar-refractivity contribution in [3.05, 3.63) is 76.3 Å². The molecule has 5 rings (SSSR count). The summed E-state index contributed by atoms with van der Waals surface area (Å²) < 4.78 is 15.4. The fraction of sp³-hybridized carbons (Fsp3) is 0.406. The van der Waals surface area contributed by atoms with E-state index < -0.39 is 48.0 Å². The van der Waals surface area contributed by atoms with Crippen LogP contribution in [0.2, 0.25) is 0 Å². The summed E-state index contributed by atoms with van der Waals surface area (Å²) in [5.41, 5.74) is 1.52. The van der Waals surface area contributed by atoms with Crippen LogP contribution in [-0.2, 0) is 35.2 Å². The highest BCUT2D eigenvalue weighted by molar-refractivity contribution is 8.03. The van der Waals surface area contributed by atoms with E-state index in [4.69, 9.17) is 14.2 Å². The number of β-lactam (4-membered cyclic amide) rings is 1. The van der Waals surface area contributed by atoms with Crippen molar-refractivity contribution < 1.29 is 43.3 Å². The second-order valence-corrected chi connectivity index (χ2v) is 12.5. The van der Waals surface area contributed by atoms with Crippen LogP contribution in [0, 0.1) is 11.8 Å². The zero-order valence-electron chi connectivity index (χ0n) is 25.3. The van der Waals surface area contributed by atoms with Gasteiger partial charge in [-0.05, 0) is 37.1 Å². The van der Waals surface area contributed by atoms with Gasteiger partial charge in [-0.15, -0.1) is 11.8 Å². The highest BCUT2D eigenvalue weighted by atomic mass is 32.2. The third-order valence-electron chi connectivity index (χ3n) is 8.34. The van der Waals surface area contributed by atoms with Gasteiger partial charge in [-0.1, -0.05) is 43.3 Å². The van der Waals surface area contributed by atoms with Gasteiger partial charge in [0.15, 0.2) is 0 Å². The Labute approximate surface area is 264 Å². The van der Waals surface area contributed by atoms with E-state index in [2.05, 4.69) is 5.32 Å². The topological polar surface area (TPSA) is 152 Å². The predicted molar refractivity (Wildman–Crippen MR) is 164 cm³/mol. The number of amides is 3. The average Bonchev–Trinajstić information content (AvgIpc) is 3.57. The van der Waals surface area contributed by atoms with Crippen LogP contribution < -0.4 is 5.32 Å². The smallest absolute Gasteiger partial charge is 0.410 e. The molecule has 3 heterocycles. The lowest BCUT2D eigenvalue weighted by Crippen LogP contribution is -2.63. The number of aliphatic hydroxyl groups excluding tert-OH is 1. The molecule has 2 aromatic carbocycles. The molecule has 12 nitrogen and oxygen atoms in total. The molecule has 45 heavy (non-hydrogen) atoms. The number of esters is 2. The molecule has 2 aromatic rings. The lowest BCUT2D eigenvalue weighted by molar-refractivity contribution is -0.163. The molecule has 0 unspecified atom stereocenters. The summed E-state index contributed by atoms with van der Waals surface area (Å²) in [7, 11) is 2.50. The minimum Gasteiger partial charge on any atom is -0.465 e. The summed E-state index contributed by atoms with van der Waals surface area (Å²) in [5, 5.41) is 12.7. The van der Waals surface area contributed by atoms with Crippen molar-refractivity contribution >= 4 is 47.3 Å². The molecule has 0 radical (unpaired) electrons. The van der Waals surface area contributed by atoms with Gasteiger partial charge >= 0.3 is 18.0 Å². The van der Waals surface area contributed by atoms with E-state index in [1.54, 1.807) is 25.1 Å². The van der Waals surface area contributed by atoms with Gasteiger partial charge in [0.25, 0.3) is 0 Å². The summed E-state index contributed by atoms with van der Waals surface area (Å²) in [5.74, 6) is -2.98. The van der Waals surface area contributed by atoms with E-state index in [-0.39, 0.29) is 47.9 Å². The first kappa shape index (κ1) is 32.0. The maximum Gasteiger partial charge on any atom is 0.410 e. The summed E-state index contributed by atoms with van der Waals surface area (Å²) in [6.45, 7) is 3.58. The van der Waals surface area contributed by atoms with E-state index >= 15 is 0 Å². The van der Waals surface area contributed by atoms with Gasteiger partial charge in [0.05, 0.1) is 37.8 Å². The largest absolute Gasteiger partial charge is 0.465 e. The number of likely N-dealkylation sites (tertiary alicyclic amines) is 1. The van der Waals surface area contributed by atoms with E-state index in [0.29, 0.717) is 10.6 Å². The molecule has 3 aliphatic heterocycles. The molecule has 2 N–H and O–H groups in total. The molecule has 0 saturated carbocycles. The SMILES string of the molecule is COC(=O)C1=C(S[C@@H]2C[C@H](C(=O)Nc3cccc(C(=O)OC)c3)N(C(=O)OCc3ccccc3)C2)[C@H](C)[C@@H]2[C@@H]([C@@H](C)O)C(=O)N12. The number of hydrogen-bond donors (Lipinski definition) is 2. The zero-order valence-corrected chi connectivity index (χ0v) is 26.1. The van der Waals surface area contributed by atoms with Crippen LogP contribution in [0.25, 0.3) is 0 Å². The number of ether oxygens (including phenoxy) is 3. The first-order valence-electron chi connectivity index (χ1n) is 14.5. The Kier molecular flexibility index (Phi) is 9.49. The van der Waals surface area contributed by atoms with Crippen molar-refractivity contribution in [2.75, 3.05) is 26.1 Å². The number of aliphatic hydroxyl groups is 1. The predicted octanol–water partition coefficient (Wildman–Crippen LogP) is 3.17. The monoisotopic (exact) mass is 637 g/mol. The third kappa shape index (κ3) is 6.27. The van der Waals surface area contributed by atoms with Crippen molar-refractivity contribution in [2.24, 2.45) is 11.8 Å².